The maximum absolute atomic E-state index is 13.1. The highest BCUT2D eigenvalue weighted by atomic mass is 16.5. The predicted octanol–water partition coefficient (Wildman–Crippen LogP) is 1.94. The maximum atomic E-state index is 13.1. The third-order valence-corrected chi connectivity index (χ3v) is 5.57. The highest BCUT2D eigenvalue weighted by molar-refractivity contribution is 5.93. The molecule has 1 heterocycles. The van der Waals surface area contributed by atoms with Crippen molar-refractivity contribution in [1.82, 2.24) is 10.4 Å². The molecule has 1 aliphatic heterocycles. The van der Waals surface area contributed by atoms with Gasteiger partial charge in [-0.3, -0.25) is 14.8 Å². The number of amides is 2. The molecule has 0 aromatic heterocycles. The number of ether oxygens (including phenoxy) is 1. The van der Waals surface area contributed by atoms with Crippen molar-refractivity contribution >= 4 is 11.8 Å². The summed E-state index contributed by atoms with van der Waals surface area (Å²) in [7, 11) is 1.68. The Kier molecular flexibility index (Phi) is 5.39. The zero-order valence-corrected chi connectivity index (χ0v) is 14.7. The van der Waals surface area contributed by atoms with Crippen LogP contribution in [0, 0.1) is 5.41 Å². The SMILES string of the molecule is COCCCN1CCCC2(CCc3cc(C(=O)NO)ccc3C2)C1=O. The number of hydrogen-bond donors (Lipinski definition) is 2. The van der Waals surface area contributed by atoms with Crippen LogP contribution < -0.4 is 5.48 Å². The summed E-state index contributed by atoms with van der Waals surface area (Å²) in [5.74, 6) is -0.223. The van der Waals surface area contributed by atoms with Crippen molar-refractivity contribution in [3.8, 4) is 0 Å². The normalized spacial score (nSPS) is 22.8. The molecule has 2 amide bonds. The van der Waals surface area contributed by atoms with Gasteiger partial charge >= 0.3 is 0 Å². The summed E-state index contributed by atoms with van der Waals surface area (Å²) < 4.78 is 5.10. The standard InChI is InChI=1S/C19H26N2O4/c1-25-11-3-10-21-9-2-7-19(18(21)23)8-6-14-12-15(17(22)20-24)4-5-16(14)13-19/h4-5,12,24H,2-3,6-11,13H2,1H3,(H,20,22). The Labute approximate surface area is 148 Å². The minimum atomic E-state index is -0.499. The quantitative estimate of drug-likeness (QED) is 0.485. The lowest BCUT2D eigenvalue weighted by molar-refractivity contribution is -0.147. The van der Waals surface area contributed by atoms with Crippen LogP contribution in [0.15, 0.2) is 18.2 Å². The zero-order valence-electron chi connectivity index (χ0n) is 14.7. The minimum Gasteiger partial charge on any atom is -0.385 e. The summed E-state index contributed by atoms with van der Waals surface area (Å²) in [6.45, 7) is 2.28. The summed E-state index contributed by atoms with van der Waals surface area (Å²) in [6, 6.07) is 5.47. The Bertz CT molecular complexity index is 661. The van der Waals surface area contributed by atoms with Gasteiger partial charge in [-0.25, -0.2) is 5.48 Å². The largest absolute Gasteiger partial charge is 0.385 e. The molecule has 3 rings (SSSR count). The fourth-order valence-corrected chi connectivity index (χ4v) is 4.23. The van der Waals surface area contributed by atoms with Crippen LogP contribution in [0.4, 0.5) is 0 Å². The highest BCUT2D eigenvalue weighted by Crippen LogP contribution is 2.43. The van der Waals surface area contributed by atoms with Gasteiger partial charge in [-0.05, 0) is 61.8 Å². The number of carbonyl (C=O) groups excluding carboxylic acids is 2. The number of aryl methyl sites for hydroxylation is 1. The molecule has 0 saturated carbocycles. The molecule has 136 valence electrons. The monoisotopic (exact) mass is 346 g/mol. The number of rotatable bonds is 5. The molecule has 1 fully saturated rings. The van der Waals surface area contributed by atoms with Crippen molar-refractivity contribution < 1.29 is 19.5 Å². The number of nitrogens with zero attached hydrogens (tertiary/aromatic N) is 1. The number of piperidine rings is 1. The van der Waals surface area contributed by atoms with Gasteiger partial charge in [0.2, 0.25) is 5.91 Å². The van der Waals surface area contributed by atoms with E-state index in [2.05, 4.69) is 0 Å². The molecule has 6 heteroatoms. The Morgan fingerprint density at radius 1 is 1.36 bits per heavy atom. The Morgan fingerprint density at radius 2 is 2.20 bits per heavy atom. The number of carbonyl (C=O) groups is 2. The molecule has 2 aliphatic rings. The molecule has 1 aromatic carbocycles. The number of nitrogens with one attached hydrogen (secondary N) is 1. The third kappa shape index (κ3) is 3.55. The predicted molar refractivity (Wildman–Crippen MR) is 92.5 cm³/mol. The third-order valence-electron chi connectivity index (χ3n) is 5.57. The minimum absolute atomic E-state index is 0.276. The second-order valence-electron chi connectivity index (χ2n) is 7.12. The van der Waals surface area contributed by atoms with Crippen LogP contribution in [0.3, 0.4) is 0 Å². The van der Waals surface area contributed by atoms with Gasteiger partial charge in [0.05, 0.1) is 5.41 Å². The van der Waals surface area contributed by atoms with Crippen molar-refractivity contribution in [2.75, 3.05) is 26.8 Å². The number of hydroxylamine groups is 1. The van der Waals surface area contributed by atoms with Crippen LogP contribution in [0.25, 0.3) is 0 Å². The van der Waals surface area contributed by atoms with Crippen LogP contribution in [0.5, 0.6) is 0 Å². The van der Waals surface area contributed by atoms with E-state index in [9.17, 15) is 9.59 Å². The van der Waals surface area contributed by atoms with E-state index in [1.165, 1.54) is 0 Å². The lowest BCUT2D eigenvalue weighted by atomic mass is 9.66. The topological polar surface area (TPSA) is 78.9 Å². The molecule has 1 atom stereocenters. The van der Waals surface area contributed by atoms with Gasteiger partial charge in [-0.1, -0.05) is 6.07 Å². The average Bonchev–Trinajstić information content (AvgIpc) is 2.64. The number of likely N-dealkylation sites (tertiary alicyclic amines) is 1. The van der Waals surface area contributed by atoms with Crippen LogP contribution in [0.2, 0.25) is 0 Å². The van der Waals surface area contributed by atoms with E-state index in [1.807, 2.05) is 17.0 Å². The molecule has 1 saturated heterocycles. The van der Waals surface area contributed by atoms with Gasteiger partial charge < -0.3 is 9.64 Å². The average molecular weight is 346 g/mol. The molecule has 2 N–H and O–H groups in total. The van der Waals surface area contributed by atoms with E-state index in [-0.39, 0.29) is 11.3 Å². The molecule has 0 radical (unpaired) electrons. The zero-order chi connectivity index (χ0) is 17.9. The number of fused-ring (bicyclic) bond motifs is 1. The summed E-state index contributed by atoms with van der Waals surface area (Å²) in [5, 5.41) is 8.78. The van der Waals surface area contributed by atoms with Crippen molar-refractivity contribution in [2.24, 2.45) is 5.41 Å². The van der Waals surface area contributed by atoms with Crippen LogP contribution in [-0.2, 0) is 22.4 Å². The highest BCUT2D eigenvalue weighted by Gasteiger charge is 2.45. The summed E-state index contributed by atoms with van der Waals surface area (Å²) in [6.07, 6.45) is 5.20. The lowest BCUT2D eigenvalue weighted by Gasteiger charge is -2.44. The maximum Gasteiger partial charge on any atom is 0.274 e. The van der Waals surface area contributed by atoms with Crippen molar-refractivity contribution in [2.45, 2.75) is 38.5 Å². The van der Waals surface area contributed by atoms with Crippen molar-refractivity contribution in [1.29, 1.82) is 0 Å². The van der Waals surface area contributed by atoms with Crippen molar-refractivity contribution in [3.63, 3.8) is 0 Å². The summed E-state index contributed by atoms with van der Waals surface area (Å²) >= 11 is 0. The fourth-order valence-electron chi connectivity index (χ4n) is 4.23. The second kappa shape index (κ2) is 7.54. The summed E-state index contributed by atoms with van der Waals surface area (Å²) in [4.78, 5) is 26.7. The lowest BCUT2D eigenvalue weighted by Crippen LogP contribution is -2.51. The van der Waals surface area contributed by atoms with E-state index in [0.717, 1.165) is 62.7 Å². The van der Waals surface area contributed by atoms with Crippen LogP contribution in [-0.4, -0.2) is 48.7 Å². The van der Waals surface area contributed by atoms with Gasteiger partial charge in [0, 0.05) is 32.4 Å². The fraction of sp³-hybridized carbons (Fsp3) is 0.579. The molecular weight excluding hydrogens is 320 g/mol. The second-order valence-corrected chi connectivity index (χ2v) is 7.12. The van der Waals surface area contributed by atoms with E-state index >= 15 is 0 Å². The molecule has 1 aliphatic carbocycles. The Balaban J connectivity index is 1.76. The van der Waals surface area contributed by atoms with E-state index in [0.29, 0.717) is 12.2 Å². The van der Waals surface area contributed by atoms with Gasteiger partial charge in [0.25, 0.3) is 5.91 Å². The van der Waals surface area contributed by atoms with Gasteiger partial charge in [0.15, 0.2) is 0 Å². The first-order chi connectivity index (χ1) is 12.1. The molecule has 6 nitrogen and oxygen atoms in total. The number of methoxy groups -OCH3 is 1. The molecule has 25 heavy (non-hydrogen) atoms. The molecule has 1 spiro atoms. The molecule has 1 aromatic rings. The van der Waals surface area contributed by atoms with Gasteiger partial charge in [-0.15, -0.1) is 0 Å². The van der Waals surface area contributed by atoms with Gasteiger partial charge in [0.1, 0.15) is 0 Å². The van der Waals surface area contributed by atoms with Crippen LogP contribution >= 0.6 is 0 Å². The van der Waals surface area contributed by atoms with Crippen LogP contribution in [0.1, 0.15) is 47.2 Å². The summed E-state index contributed by atoms with van der Waals surface area (Å²) in [5.41, 5.74) is 4.09. The van der Waals surface area contributed by atoms with E-state index in [1.54, 1.807) is 18.7 Å². The first kappa shape index (κ1) is 17.9. The first-order valence-corrected chi connectivity index (χ1v) is 8.94. The smallest absolute Gasteiger partial charge is 0.274 e. The van der Waals surface area contributed by atoms with E-state index in [4.69, 9.17) is 9.94 Å². The molecular formula is C19H26N2O4. The Hall–Kier alpha value is -1.92. The first-order valence-electron chi connectivity index (χ1n) is 8.94. The van der Waals surface area contributed by atoms with Crippen molar-refractivity contribution in [3.05, 3.63) is 34.9 Å². The number of benzene rings is 1. The molecule has 1 unspecified atom stereocenters. The Morgan fingerprint density at radius 3 is 2.96 bits per heavy atom. The number of hydrogen-bond acceptors (Lipinski definition) is 4. The van der Waals surface area contributed by atoms with E-state index < -0.39 is 5.91 Å². The van der Waals surface area contributed by atoms with Gasteiger partial charge in [-0.2, -0.15) is 0 Å². The molecule has 0 bridgehead atoms.